The number of ether oxygens (including phenoxy) is 2. The van der Waals surface area contributed by atoms with Crippen molar-refractivity contribution in [2.75, 3.05) is 40.9 Å². The monoisotopic (exact) mass is 524 g/mol. The van der Waals surface area contributed by atoms with Crippen molar-refractivity contribution in [3.63, 3.8) is 0 Å². The summed E-state index contributed by atoms with van der Waals surface area (Å²) >= 11 is 0. The van der Waals surface area contributed by atoms with E-state index in [0.717, 1.165) is 42.7 Å². The van der Waals surface area contributed by atoms with Gasteiger partial charge in [0.05, 0.1) is 20.3 Å². The number of methoxy groups -OCH3 is 2. The lowest BCUT2D eigenvalue weighted by molar-refractivity contribution is 0.245. The lowest BCUT2D eigenvalue weighted by atomic mass is 10.1. The number of rotatable bonds is 8. The van der Waals surface area contributed by atoms with E-state index in [2.05, 4.69) is 38.7 Å². The number of likely N-dealkylation sites (tertiary alicyclic amines) is 1. The molecule has 6 nitrogen and oxygen atoms in total. The maximum atomic E-state index is 5.31. The first-order valence-corrected chi connectivity index (χ1v) is 10.2. The second kappa shape index (κ2) is 12.6. The Labute approximate surface area is 197 Å². The first-order valence-electron chi connectivity index (χ1n) is 10.2. The maximum absolute atomic E-state index is 5.31. The van der Waals surface area contributed by atoms with Gasteiger partial charge in [0.1, 0.15) is 11.5 Å². The number of hydrogen-bond donors (Lipinski definition) is 2. The van der Waals surface area contributed by atoms with Crippen molar-refractivity contribution in [3.8, 4) is 11.5 Å². The average molecular weight is 524 g/mol. The van der Waals surface area contributed by atoms with Gasteiger partial charge in [0.15, 0.2) is 5.96 Å². The van der Waals surface area contributed by atoms with E-state index in [1.54, 1.807) is 21.3 Å². The van der Waals surface area contributed by atoms with Crippen LogP contribution in [0.2, 0.25) is 0 Å². The fourth-order valence-electron chi connectivity index (χ4n) is 3.72. The molecule has 7 heteroatoms. The fourth-order valence-corrected chi connectivity index (χ4v) is 3.72. The Morgan fingerprint density at radius 2 is 1.70 bits per heavy atom. The van der Waals surface area contributed by atoms with Crippen LogP contribution in [0.3, 0.4) is 0 Å². The van der Waals surface area contributed by atoms with Crippen molar-refractivity contribution in [2.45, 2.75) is 25.4 Å². The topological polar surface area (TPSA) is 58.1 Å². The van der Waals surface area contributed by atoms with E-state index < -0.39 is 0 Å². The zero-order valence-electron chi connectivity index (χ0n) is 18.1. The van der Waals surface area contributed by atoms with Crippen molar-refractivity contribution < 1.29 is 9.47 Å². The Morgan fingerprint density at radius 3 is 2.33 bits per heavy atom. The Kier molecular flexibility index (Phi) is 10.2. The van der Waals surface area contributed by atoms with Crippen LogP contribution in [0.5, 0.6) is 11.5 Å². The number of halogens is 1. The molecule has 0 aliphatic carbocycles. The van der Waals surface area contributed by atoms with Gasteiger partial charge >= 0.3 is 0 Å². The van der Waals surface area contributed by atoms with E-state index in [0.29, 0.717) is 12.6 Å². The third-order valence-corrected chi connectivity index (χ3v) is 5.36. The number of hydrogen-bond acceptors (Lipinski definition) is 4. The fraction of sp³-hybridized carbons (Fsp3) is 0.435. The molecule has 1 aliphatic rings. The first-order chi connectivity index (χ1) is 14.2. The molecule has 1 atom stereocenters. The number of nitrogens with one attached hydrogen (secondary N) is 2. The Hall–Kier alpha value is -2.00. The molecule has 0 aromatic heterocycles. The lowest BCUT2D eigenvalue weighted by Crippen LogP contribution is -2.42. The van der Waals surface area contributed by atoms with Gasteiger partial charge in [-0.05, 0) is 61.3 Å². The van der Waals surface area contributed by atoms with E-state index in [4.69, 9.17) is 9.47 Å². The molecule has 1 fully saturated rings. The summed E-state index contributed by atoms with van der Waals surface area (Å²) in [6.07, 6.45) is 2.52. The van der Waals surface area contributed by atoms with Crippen LogP contribution in [-0.4, -0.2) is 51.8 Å². The normalized spacial score (nSPS) is 15.2. The summed E-state index contributed by atoms with van der Waals surface area (Å²) in [6.45, 7) is 3.75. The van der Waals surface area contributed by atoms with Crippen molar-refractivity contribution in [3.05, 3.63) is 59.7 Å². The summed E-state index contributed by atoms with van der Waals surface area (Å²) in [5.41, 5.74) is 2.45. The van der Waals surface area contributed by atoms with Gasteiger partial charge in [-0.15, -0.1) is 24.0 Å². The molecule has 0 amide bonds. The molecule has 2 aromatic carbocycles. The molecule has 0 spiro atoms. The summed E-state index contributed by atoms with van der Waals surface area (Å²) in [5, 5.41) is 6.90. The molecule has 2 aromatic rings. The minimum absolute atomic E-state index is 0. The van der Waals surface area contributed by atoms with Gasteiger partial charge in [0.2, 0.25) is 0 Å². The van der Waals surface area contributed by atoms with Gasteiger partial charge in [0, 0.05) is 20.1 Å². The predicted molar refractivity (Wildman–Crippen MR) is 133 cm³/mol. The maximum Gasteiger partial charge on any atom is 0.191 e. The van der Waals surface area contributed by atoms with Gasteiger partial charge < -0.3 is 20.1 Å². The number of aliphatic imine (C=N–C) groups is 1. The molecule has 1 unspecified atom stereocenters. The van der Waals surface area contributed by atoms with Gasteiger partial charge in [-0.3, -0.25) is 9.89 Å². The van der Waals surface area contributed by atoms with Gasteiger partial charge in [0.25, 0.3) is 0 Å². The molecular formula is C23H33IN4O2. The minimum Gasteiger partial charge on any atom is -0.497 e. The van der Waals surface area contributed by atoms with Crippen LogP contribution >= 0.6 is 24.0 Å². The SMILES string of the molecule is CN=C(NCc1cccc(OC)c1)NCC(c1ccc(OC)cc1)N1CCCC1.I. The van der Waals surface area contributed by atoms with Crippen LogP contribution in [0.15, 0.2) is 53.5 Å². The number of nitrogens with zero attached hydrogens (tertiary/aromatic N) is 2. The Morgan fingerprint density at radius 1 is 1.00 bits per heavy atom. The molecule has 2 N–H and O–H groups in total. The molecule has 30 heavy (non-hydrogen) atoms. The summed E-state index contributed by atoms with van der Waals surface area (Å²) in [5.74, 6) is 2.55. The smallest absolute Gasteiger partial charge is 0.191 e. The highest BCUT2D eigenvalue weighted by atomic mass is 127. The number of benzene rings is 2. The summed E-state index contributed by atoms with van der Waals surface area (Å²) in [7, 11) is 5.19. The second-order valence-electron chi connectivity index (χ2n) is 7.19. The van der Waals surface area contributed by atoms with Crippen molar-refractivity contribution >= 4 is 29.9 Å². The summed E-state index contributed by atoms with van der Waals surface area (Å²) in [6, 6.07) is 16.8. The minimum atomic E-state index is 0. The quantitative estimate of drug-likeness (QED) is 0.313. The van der Waals surface area contributed by atoms with E-state index in [1.807, 2.05) is 30.3 Å². The standard InChI is InChI=1S/C23H32N4O2.HI/c1-24-23(25-16-18-7-6-8-21(15-18)29-3)26-17-22(27-13-4-5-14-27)19-9-11-20(28-2)12-10-19;/h6-12,15,22H,4-5,13-14,16-17H2,1-3H3,(H2,24,25,26);1H. The highest BCUT2D eigenvalue weighted by Crippen LogP contribution is 2.26. The Balaban J connectivity index is 0.00000320. The van der Waals surface area contributed by atoms with Crippen molar-refractivity contribution in [1.82, 2.24) is 15.5 Å². The van der Waals surface area contributed by atoms with Crippen molar-refractivity contribution in [1.29, 1.82) is 0 Å². The molecular weight excluding hydrogens is 491 g/mol. The first kappa shape index (κ1) is 24.3. The largest absolute Gasteiger partial charge is 0.497 e. The lowest BCUT2D eigenvalue weighted by Gasteiger charge is -2.29. The van der Waals surface area contributed by atoms with Crippen LogP contribution in [0.25, 0.3) is 0 Å². The summed E-state index contributed by atoms with van der Waals surface area (Å²) < 4.78 is 10.6. The van der Waals surface area contributed by atoms with Crippen molar-refractivity contribution in [2.24, 2.45) is 4.99 Å². The number of guanidine groups is 1. The molecule has 1 aliphatic heterocycles. The zero-order chi connectivity index (χ0) is 20.5. The van der Waals surface area contributed by atoms with Gasteiger partial charge in [-0.25, -0.2) is 0 Å². The highest BCUT2D eigenvalue weighted by Gasteiger charge is 2.23. The van der Waals surface area contributed by atoms with Crippen LogP contribution in [0.4, 0.5) is 0 Å². The molecule has 1 saturated heterocycles. The molecule has 0 bridgehead atoms. The van der Waals surface area contributed by atoms with Crippen LogP contribution in [0.1, 0.15) is 30.0 Å². The average Bonchev–Trinajstić information content (AvgIpc) is 3.31. The molecule has 1 heterocycles. The third kappa shape index (κ3) is 6.77. The molecule has 0 saturated carbocycles. The van der Waals surface area contributed by atoms with E-state index >= 15 is 0 Å². The Bertz CT molecular complexity index is 792. The van der Waals surface area contributed by atoms with E-state index in [9.17, 15) is 0 Å². The van der Waals surface area contributed by atoms with Gasteiger partial charge in [-0.1, -0.05) is 24.3 Å². The van der Waals surface area contributed by atoms with E-state index in [1.165, 1.54) is 18.4 Å². The summed E-state index contributed by atoms with van der Waals surface area (Å²) in [4.78, 5) is 6.94. The second-order valence-corrected chi connectivity index (χ2v) is 7.19. The van der Waals surface area contributed by atoms with Gasteiger partial charge in [-0.2, -0.15) is 0 Å². The van der Waals surface area contributed by atoms with Crippen LogP contribution in [0, 0.1) is 0 Å². The third-order valence-electron chi connectivity index (χ3n) is 5.36. The highest BCUT2D eigenvalue weighted by molar-refractivity contribution is 14.0. The van der Waals surface area contributed by atoms with E-state index in [-0.39, 0.29) is 24.0 Å². The zero-order valence-corrected chi connectivity index (χ0v) is 20.4. The molecule has 164 valence electrons. The van der Waals surface area contributed by atoms with Crippen LogP contribution in [-0.2, 0) is 6.54 Å². The van der Waals surface area contributed by atoms with Crippen LogP contribution < -0.4 is 20.1 Å². The molecule has 0 radical (unpaired) electrons. The predicted octanol–water partition coefficient (Wildman–Crippen LogP) is 3.82. The molecule has 3 rings (SSSR count).